The SMILES string of the molecule is NCCc1nc2c(Cl)cc(Cl)cc2o1. The maximum Gasteiger partial charge on any atom is 0.196 e. The van der Waals surface area contributed by atoms with E-state index in [1.807, 2.05) is 0 Å². The molecule has 0 saturated heterocycles. The molecular weight excluding hydrogens is 223 g/mol. The first-order valence-corrected chi connectivity index (χ1v) is 4.91. The number of oxazole rings is 1. The van der Waals surface area contributed by atoms with Gasteiger partial charge in [0.05, 0.1) is 5.02 Å². The van der Waals surface area contributed by atoms with Crippen molar-refractivity contribution in [2.75, 3.05) is 6.54 Å². The van der Waals surface area contributed by atoms with Gasteiger partial charge in [-0.25, -0.2) is 4.98 Å². The molecule has 1 aromatic heterocycles. The molecule has 74 valence electrons. The number of nitrogens with two attached hydrogens (primary N) is 1. The average molecular weight is 231 g/mol. The topological polar surface area (TPSA) is 52.0 Å². The van der Waals surface area contributed by atoms with Crippen LogP contribution < -0.4 is 5.73 Å². The highest BCUT2D eigenvalue weighted by molar-refractivity contribution is 6.38. The second kappa shape index (κ2) is 3.77. The molecule has 5 heteroatoms. The number of halogens is 2. The van der Waals surface area contributed by atoms with Crippen molar-refractivity contribution in [3.8, 4) is 0 Å². The lowest BCUT2D eigenvalue weighted by atomic mass is 10.3. The number of rotatable bonds is 2. The fourth-order valence-corrected chi connectivity index (χ4v) is 1.75. The summed E-state index contributed by atoms with van der Waals surface area (Å²) in [6, 6.07) is 3.33. The molecule has 1 heterocycles. The van der Waals surface area contributed by atoms with Crippen molar-refractivity contribution in [2.45, 2.75) is 6.42 Å². The average Bonchev–Trinajstić information content (AvgIpc) is 2.48. The van der Waals surface area contributed by atoms with Gasteiger partial charge in [-0.3, -0.25) is 0 Å². The third-order valence-corrected chi connectivity index (χ3v) is 2.32. The van der Waals surface area contributed by atoms with Crippen LogP contribution in [0.3, 0.4) is 0 Å². The normalized spacial score (nSPS) is 11.1. The van der Waals surface area contributed by atoms with E-state index in [0.717, 1.165) is 0 Å². The first-order chi connectivity index (χ1) is 6.70. The monoisotopic (exact) mass is 230 g/mol. The first kappa shape index (κ1) is 9.77. The maximum absolute atomic E-state index is 5.94. The van der Waals surface area contributed by atoms with Crippen molar-refractivity contribution in [1.82, 2.24) is 4.98 Å². The molecule has 2 rings (SSSR count). The molecule has 0 aliphatic rings. The summed E-state index contributed by atoms with van der Waals surface area (Å²) in [5.74, 6) is 0.590. The standard InChI is InChI=1S/C9H8Cl2N2O/c10-5-3-6(11)9-7(4-5)14-8(13-9)1-2-12/h3-4H,1-2,12H2. The van der Waals surface area contributed by atoms with Gasteiger partial charge in [-0.2, -0.15) is 0 Å². The molecule has 2 N–H and O–H groups in total. The summed E-state index contributed by atoms with van der Waals surface area (Å²) in [6.07, 6.45) is 0.600. The van der Waals surface area contributed by atoms with Crippen LogP contribution in [0.2, 0.25) is 10.0 Å². The molecule has 0 unspecified atom stereocenters. The molecule has 3 nitrogen and oxygen atoms in total. The van der Waals surface area contributed by atoms with Crippen molar-refractivity contribution in [3.05, 3.63) is 28.1 Å². The zero-order chi connectivity index (χ0) is 10.1. The van der Waals surface area contributed by atoms with Crippen LogP contribution in [0.15, 0.2) is 16.5 Å². The molecule has 1 aromatic carbocycles. The Kier molecular flexibility index (Phi) is 2.63. The van der Waals surface area contributed by atoms with Crippen LogP contribution in [-0.4, -0.2) is 11.5 Å². The van der Waals surface area contributed by atoms with Crippen LogP contribution in [-0.2, 0) is 6.42 Å². The number of hydrogen-bond acceptors (Lipinski definition) is 3. The van der Waals surface area contributed by atoms with Crippen molar-refractivity contribution in [2.24, 2.45) is 5.73 Å². The van der Waals surface area contributed by atoms with Gasteiger partial charge in [0, 0.05) is 24.1 Å². The largest absolute Gasteiger partial charge is 0.441 e. The number of nitrogens with zero attached hydrogens (tertiary/aromatic N) is 1. The number of aromatic nitrogens is 1. The molecule has 0 fully saturated rings. The van der Waals surface area contributed by atoms with Crippen molar-refractivity contribution >= 4 is 34.3 Å². The van der Waals surface area contributed by atoms with Gasteiger partial charge in [-0.05, 0) is 6.07 Å². The maximum atomic E-state index is 5.94. The Labute approximate surface area is 90.8 Å². The molecule has 14 heavy (non-hydrogen) atoms. The molecule has 0 aliphatic carbocycles. The van der Waals surface area contributed by atoms with Gasteiger partial charge in [0.15, 0.2) is 11.5 Å². The first-order valence-electron chi connectivity index (χ1n) is 4.15. The minimum atomic E-state index is 0.498. The summed E-state index contributed by atoms with van der Waals surface area (Å²) >= 11 is 11.8. The molecule has 0 bridgehead atoms. The Hall–Kier alpha value is -0.770. The summed E-state index contributed by atoms with van der Waals surface area (Å²) in [7, 11) is 0. The zero-order valence-electron chi connectivity index (χ0n) is 7.26. The number of fused-ring (bicyclic) bond motifs is 1. The van der Waals surface area contributed by atoms with E-state index in [-0.39, 0.29) is 0 Å². The highest BCUT2D eigenvalue weighted by Gasteiger charge is 2.09. The van der Waals surface area contributed by atoms with E-state index in [0.29, 0.717) is 40.0 Å². The molecular formula is C9H8Cl2N2O. The van der Waals surface area contributed by atoms with Crippen LogP contribution in [0.1, 0.15) is 5.89 Å². The van der Waals surface area contributed by atoms with E-state index in [1.165, 1.54) is 0 Å². The van der Waals surface area contributed by atoms with Crippen LogP contribution in [0.5, 0.6) is 0 Å². The lowest BCUT2D eigenvalue weighted by molar-refractivity contribution is 0.531. The quantitative estimate of drug-likeness (QED) is 0.864. The van der Waals surface area contributed by atoms with Crippen LogP contribution in [0.25, 0.3) is 11.1 Å². The Bertz CT molecular complexity index is 467. The van der Waals surface area contributed by atoms with Gasteiger partial charge in [0.2, 0.25) is 0 Å². The van der Waals surface area contributed by atoms with E-state index in [2.05, 4.69) is 4.98 Å². The van der Waals surface area contributed by atoms with Gasteiger partial charge in [0.1, 0.15) is 5.52 Å². The minimum Gasteiger partial charge on any atom is -0.441 e. The van der Waals surface area contributed by atoms with Crippen molar-refractivity contribution in [1.29, 1.82) is 0 Å². The molecule has 0 spiro atoms. The van der Waals surface area contributed by atoms with Gasteiger partial charge in [0.25, 0.3) is 0 Å². The lowest BCUT2D eigenvalue weighted by Gasteiger charge is -1.91. The summed E-state index contributed by atoms with van der Waals surface area (Å²) in [5, 5.41) is 1.04. The predicted octanol–water partition coefficient (Wildman–Crippen LogP) is 2.64. The lowest BCUT2D eigenvalue weighted by Crippen LogP contribution is -2.02. The van der Waals surface area contributed by atoms with Gasteiger partial charge in [-0.15, -0.1) is 0 Å². The highest BCUT2D eigenvalue weighted by atomic mass is 35.5. The predicted molar refractivity (Wildman–Crippen MR) is 56.8 cm³/mol. The van der Waals surface area contributed by atoms with Gasteiger partial charge in [-0.1, -0.05) is 23.2 Å². The van der Waals surface area contributed by atoms with Crippen LogP contribution in [0.4, 0.5) is 0 Å². The van der Waals surface area contributed by atoms with Crippen LogP contribution in [0, 0.1) is 0 Å². The Morgan fingerprint density at radius 3 is 2.86 bits per heavy atom. The fraction of sp³-hybridized carbons (Fsp3) is 0.222. The molecule has 0 radical (unpaired) electrons. The summed E-state index contributed by atoms with van der Waals surface area (Å²) in [4.78, 5) is 4.21. The van der Waals surface area contributed by atoms with E-state index < -0.39 is 0 Å². The molecule has 2 aromatic rings. The summed E-state index contributed by atoms with van der Waals surface area (Å²) in [5.41, 5.74) is 6.63. The Morgan fingerprint density at radius 1 is 1.36 bits per heavy atom. The third-order valence-electron chi connectivity index (χ3n) is 1.82. The summed E-state index contributed by atoms with van der Waals surface area (Å²) < 4.78 is 5.41. The second-order valence-electron chi connectivity index (χ2n) is 2.88. The number of hydrogen-bond donors (Lipinski definition) is 1. The Morgan fingerprint density at radius 2 is 2.14 bits per heavy atom. The van der Waals surface area contributed by atoms with Crippen LogP contribution >= 0.6 is 23.2 Å². The second-order valence-corrected chi connectivity index (χ2v) is 3.72. The minimum absolute atomic E-state index is 0.498. The Balaban J connectivity index is 2.58. The van der Waals surface area contributed by atoms with E-state index in [1.54, 1.807) is 12.1 Å². The number of benzene rings is 1. The fourth-order valence-electron chi connectivity index (χ4n) is 1.23. The molecule has 0 aliphatic heterocycles. The third kappa shape index (κ3) is 1.71. The summed E-state index contributed by atoms with van der Waals surface area (Å²) in [6.45, 7) is 0.498. The van der Waals surface area contributed by atoms with Gasteiger partial charge >= 0.3 is 0 Å². The molecule has 0 amide bonds. The van der Waals surface area contributed by atoms with Crippen molar-refractivity contribution in [3.63, 3.8) is 0 Å². The van der Waals surface area contributed by atoms with E-state index in [9.17, 15) is 0 Å². The van der Waals surface area contributed by atoms with E-state index in [4.69, 9.17) is 33.4 Å². The van der Waals surface area contributed by atoms with E-state index >= 15 is 0 Å². The smallest absolute Gasteiger partial charge is 0.196 e. The zero-order valence-corrected chi connectivity index (χ0v) is 8.77. The molecule has 0 saturated carbocycles. The molecule has 0 atom stereocenters. The van der Waals surface area contributed by atoms with Gasteiger partial charge < -0.3 is 10.2 Å². The van der Waals surface area contributed by atoms with Crippen molar-refractivity contribution < 1.29 is 4.42 Å². The highest BCUT2D eigenvalue weighted by Crippen LogP contribution is 2.27.